The van der Waals surface area contributed by atoms with E-state index in [2.05, 4.69) is 23.5 Å². The second kappa shape index (κ2) is 7.65. The van der Waals surface area contributed by atoms with E-state index in [-0.39, 0.29) is 0 Å². The molecule has 5 rings (SSSR count). The third kappa shape index (κ3) is 3.31. The van der Waals surface area contributed by atoms with E-state index in [4.69, 9.17) is 19.4 Å². The van der Waals surface area contributed by atoms with Crippen molar-refractivity contribution in [2.75, 3.05) is 19.5 Å². The van der Waals surface area contributed by atoms with Crippen LogP contribution < -0.4 is 14.8 Å². The molecular formula is C24H19N3O2S. The van der Waals surface area contributed by atoms with Crippen LogP contribution in [0.5, 0.6) is 11.5 Å². The molecule has 3 aromatic carbocycles. The van der Waals surface area contributed by atoms with Crippen molar-refractivity contribution in [3.05, 3.63) is 72.8 Å². The third-order valence-corrected chi connectivity index (χ3v) is 5.97. The van der Waals surface area contributed by atoms with Gasteiger partial charge in [-0.25, -0.2) is 9.97 Å². The lowest BCUT2D eigenvalue weighted by Gasteiger charge is -2.12. The normalized spacial score (nSPS) is 11.0. The van der Waals surface area contributed by atoms with Crippen LogP contribution in [0.1, 0.15) is 0 Å². The summed E-state index contributed by atoms with van der Waals surface area (Å²) >= 11 is 1.69. The molecule has 0 atom stereocenters. The van der Waals surface area contributed by atoms with Crippen LogP contribution in [-0.4, -0.2) is 24.2 Å². The molecule has 0 aliphatic rings. The van der Waals surface area contributed by atoms with Crippen LogP contribution >= 0.6 is 11.3 Å². The van der Waals surface area contributed by atoms with Crippen LogP contribution in [-0.2, 0) is 0 Å². The monoisotopic (exact) mass is 413 g/mol. The van der Waals surface area contributed by atoms with Gasteiger partial charge in [-0.2, -0.15) is 0 Å². The maximum absolute atomic E-state index is 5.42. The van der Waals surface area contributed by atoms with E-state index < -0.39 is 0 Å². The van der Waals surface area contributed by atoms with Gasteiger partial charge in [0.1, 0.15) is 10.8 Å². The molecule has 0 aliphatic heterocycles. The molecule has 0 aliphatic carbocycles. The molecule has 0 fully saturated rings. The van der Waals surface area contributed by atoms with Gasteiger partial charge < -0.3 is 14.8 Å². The summed E-state index contributed by atoms with van der Waals surface area (Å²) < 4.78 is 11.9. The largest absolute Gasteiger partial charge is 0.493 e. The van der Waals surface area contributed by atoms with E-state index in [0.717, 1.165) is 38.5 Å². The molecule has 6 heteroatoms. The minimum atomic E-state index is 0.662. The third-order valence-electron chi connectivity index (χ3n) is 4.90. The zero-order valence-corrected chi connectivity index (χ0v) is 17.4. The first-order valence-corrected chi connectivity index (χ1v) is 10.3. The summed E-state index contributed by atoms with van der Waals surface area (Å²) in [7, 11) is 3.25. The number of benzene rings is 3. The first-order chi connectivity index (χ1) is 14.7. The highest BCUT2D eigenvalue weighted by Gasteiger charge is 2.13. The average molecular weight is 414 g/mol. The molecule has 5 nitrogen and oxygen atoms in total. The zero-order chi connectivity index (χ0) is 20.5. The summed E-state index contributed by atoms with van der Waals surface area (Å²) in [4.78, 5) is 9.66. The molecule has 0 unspecified atom stereocenters. The van der Waals surface area contributed by atoms with Gasteiger partial charge in [-0.3, -0.25) is 0 Å². The van der Waals surface area contributed by atoms with E-state index in [9.17, 15) is 0 Å². The summed E-state index contributed by atoms with van der Waals surface area (Å²) in [5, 5.41) is 5.45. The maximum atomic E-state index is 5.42. The predicted molar refractivity (Wildman–Crippen MR) is 123 cm³/mol. The predicted octanol–water partition coefficient (Wildman–Crippen LogP) is 6.27. The van der Waals surface area contributed by atoms with E-state index >= 15 is 0 Å². The highest BCUT2D eigenvalue weighted by atomic mass is 32.1. The molecule has 0 saturated heterocycles. The molecule has 30 heavy (non-hydrogen) atoms. The van der Waals surface area contributed by atoms with Crippen molar-refractivity contribution < 1.29 is 9.47 Å². The Morgan fingerprint density at radius 3 is 2.33 bits per heavy atom. The number of ether oxygens (including phenoxy) is 2. The molecule has 2 heterocycles. The van der Waals surface area contributed by atoms with Crippen molar-refractivity contribution in [3.8, 4) is 22.1 Å². The molecule has 5 aromatic rings. The van der Waals surface area contributed by atoms with Crippen molar-refractivity contribution in [2.45, 2.75) is 0 Å². The highest BCUT2D eigenvalue weighted by molar-refractivity contribution is 7.21. The number of aromatic nitrogens is 2. The molecule has 148 valence electrons. The average Bonchev–Trinajstić information content (AvgIpc) is 3.22. The van der Waals surface area contributed by atoms with Crippen molar-refractivity contribution in [3.63, 3.8) is 0 Å². The molecule has 0 radical (unpaired) electrons. The molecule has 0 saturated carbocycles. The fourth-order valence-corrected chi connectivity index (χ4v) is 4.46. The van der Waals surface area contributed by atoms with Crippen LogP contribution in [0.2, 0.25) is 0 Å². The SMILES string of the molecule is COc1ccc(Nc2cc(-c3nc4ccccc4s3)c3ccccc3n2)cc1OC. The second-order valence-corrected chi connectivity index (χ2v) is 7.78. The Balaban J connectivity index is 1.62. The first kappa shape index (κ1) is 18.4. The Bertz CT molecular complexity index is 1330. The Labute approximate surface area is 177 Å². The van der Waals surface area contributed by atoms with E-state index in [1.807, 2.05) is 54.6 Å². The minimum Gasteiger partial charge on any atom is -0.493 e. The van der Waals surface area contributed by atoms with Gasteiger partial charge >= 0.3 is 0 Å². The molecule has 1 N–H and O–H groups in total. The van der Waals surface area contributed by atoms with E-state index in [1.54, 1.807) is 25.6 Å². The Morgan fingerprint density at radius 1 is 0.767 bits per heavy atom. The molecule has 0 spiro atoms. The Hall–Kier alpha value is -3.64. The van der Waals surface area contributed by atoms with Crippen LogP contribution in [0.3, 0.4) is 0 Å². The number of nitrogens with zero attached hydrogens (tertiary/aromatic N) is 2. The van der Waals surface area contributed by atoms with Crippen molar-refractivity contribution >= 4 is 44.0 Å². The Kier molecular flexibility index (Phi) is 4.69. The second-order valence-electron chi connectivity index (χ2n) is 6.75. The summed E-state index contributed by atoms with van der Waals surface area (Å²) in [5.41, 5.74) is 3.85. The summed E-state index contributed by atoms with van der Waals surface area (Å²) in [6.07, 6.45) is 0. The molecule has 0 bridgehead atoms. The summed E-state index contributed by atoms with van der Waals surface area (Å²) in [6.45, 7) is 0. The molecular weight excluding hydrogens is 394 g/mol. The summed E-state index contributed by atoms with van der Waals surface area (Å²) in [5.74, 6) is 2.09. The van der Waals surface area contributed by atoms with E-state index in [1.165, 1.54) is 4.70 Å². The van der Waals surface area contributed by atoms with Gasteiger partial charge in [-0.15, -0.1) is 11.3 Å². The molecule has 0 amide bonds. The smallest absolute Gasteiger partial charge is 0.162 e. The standard InChI is InChI=1S/C24H19N3O2S/c1-28-20-12-11-15(13-21(20)29-2)25-23-14-17(16-7-3-4-8-18(16)26-23)24-27-19-9-5-6-10-22(19)30-24/h3-14H,1-2H3,(H,25,26). The van der Waals surface area contributed by atoms with Gasteiger partial charge in [0.25, 0.3) is 0 Å². The fraction of sp³-hybridized carbons (Fsp3) is 0.0833. The number of anilines is 2. The van der Waals surface area contributed by atoms with Crippen LogP contribution in [0.25, 0.3) is 31.7 Å². The fourth-order valence-electron chi connectivity index (χ4n) is 3.47. The Morgan fingerprint density at radius 2 is 1.53 bits per heavy atom. The number of hydrogen-bond acceptors (Lipinski definition) is 6. The number of nitrogens with one attached hydrogen (secondary N) is 1. The van der Waals surface area contributed by atoms with Gasteiger partial charge in [0.05, 0.1) is 30.0 Å². The van der Waals surface area contributed by atoms with Gasteiger partial charge in [-0.05, 0) is 36.4 Å². The van der Waals surface area contributed by atoms with E-state index in [0.29, 0.717) is 11.5 Å². The lowest BCUT2D eigenvalue weighted by Crippen LogP contribution is -1.97. The number of methoxy groups -OCH3 is 2. The minimum absolute atomic E-state index is 0.662. The number of fused-ring (bicyclic) bond motifs is 2. The summed E-state index contributed by atoms with van der Waals surface area (Å²) in [6, 6.07) is 24.1. The first-order valence-electron chi connectivity index (χ1n) is 9.50. The number of rotatable bonds is 5. The lowest BCUT2D eigenvalue weighted by molar-refractivity contribution is 0.355. The van der Waals surface area contributed by atoms with Crippen molar-refractivity contribution in [1.29, 1.82) is 0 Å². The van der Waals surface area contributed by atoms with Crippen molar-refractivity contribution in [1.82, 2.24) is 9.97 Å². The number of hydrogen-bond donors (Lipinski definition) is 1. The number of pyridine rings is 1. The molecule has 2 aromatic heterocycles. The van der Waals surface area contributed by atoms with Crippen LogP contribution in [0.4, 0.5) is 11.5 Å². The van der Waals surface area contributed by atoms with Crippen LogP contribution in [0, 0.1) is 0 Å². The van der Waals surface area contributed by atoms with Gasteiger partial charge in [0.15, 0.2) is 11.5 Å². The number of thiazole rings is 1. The highest BCUT2D eigenvalue weighted by Crippen LogP contribution is 2.37. The lowest BCUT2D eigenvalue weighted by atomic mass is 10.1. The van der Waals surface area contributed by atoms with Gasteiger partial charge in [0.2, 0.25) is 0 Å². The maximum Gasteiger partial charge on any atom is 0.162 e. The number of para-hydroxylation sites is 2. The zero-order valence-electron chi connectivity index (χ0n) is 16.5. The topological polar surface area (TPSA) is 56.3 Å². The van der Waals surface area contributed by atoms with Crippen LogP contribution in [0.15, 0.2) is 72.8 Å². The van der Waals surface area contributed by atoms with Gasteiger partial charge in [-0.1, -0.05) is 30.3 Å². The quantitative estimate of drug-likeness (QED) is 0.368. The van der Waals surface area contributed by atoms with Crippen molar-refractivity contribution in [2.24, 2.45) is 0 Å². The van der Waals surface area contributed by atoms with Gasteiger partial charge in [0, 0.05) is 22.7 Å².